The van der Waals surface area contributed by atoms with Gasteiger partial charge in [0.1, 0.15) is 17.2 Å². The molecule has 0 aliphatic carbocycles. The van der Waals surface area contributed by atoms with Crippen LogP contribution >= 0.6 is 0 Å². The molecule has 0 saturated carbocycles. The SMILES string of the molecule is COc1ccc(OCCCN2C(=O)COc3ccc(NC(=O)c4ccc(S(=O)(=O)N5CCOCC5)cc4)cc32)cc1. The molecule has 3 aromatic rings. The second kappa shape index (κ2) is 12.6. The molecule has 216 valence electrons. The van der Waals surface area contributed by atoms with Gasteiger partial charge in [0.2, 0.25) is 10.0 Å². The molecule has 0 atom stereocenters. The van der Waals surface area contributed by atoms with Crippen LogP contribution in [0, 0.1) is 0 Å². The molecule has 2 heterocycles. The number of nitrogens with one attached hydrogen (secondary N) is 1. The quantitative estimate of drug-likeness (QED) is 0.362. The Morgan fingerprint density at radius 2 is 1.68 bits per heavy atom. The van der Waals surface area contributed by atoms with E-state index in [0.29, 0.717) is 74.3 Å². The summed E-state index contributed by atoms with van der Waals surface area (Å²) >= 11 is 0. The van der Waals surface area contributed by atoms with E-state index in [-0.39, 0.29) is 17.4 Å². The molecule has 1 fully saturated rings. The number of morpholine rings is 1. The van der Waals surface area contributed by atoms with E-state index in [9.17, 15) is 18.0 Å². The van der Waals surface area contributed by atoms with E-state index in [0.717, 1.165) is 5.75 Å². The van der Waals surface area contributed by atoms with E-state index < -0.39 is 15.9 Å². The number of amides is 2. The minimum atomic E-state index is -3.66. The van der Waals surface area contributed by atoms with Crippen molar-refractivity contribution in [1.29, 1.82) is 0 Å². The molecule has 12 heteroatoms. The van der Waals surface area contributed by atoms with Gasteiger partial charge in [-0.15, -0.1) is 0 Å². The maximum Gasteiger partial charge on any atom is 0.265 e. The van der Waals surface area contributed by atoms with Crippen LogP contribution in [-0.4, -0.2) is 77.7 Å². The van der Waals surface area contributed by atoms with Gasteiger partial charge in [0.25, 0.3) is 11.8 Å². The molecule has 1 saturated heterocycles. The number of hydrogen-bond donors (Lipinski definition) is 1. The number of sulfonamides is 1. The lowest BCUT2D eigenvalue weighted by atomic mass is 10.1. The minimum Gasteiger partial charge on any atom is -0.497 e. The van der Waals surface area contributed by atoms with Crippen LogP contribution in [0.25, 0.3) is 0 Å². The summed E-state index contributed by atoms with van der Waals surface area (Å²) in [5.41, 5.74) is 1.32. The van der Waals surface area contributed by atoms with Gasteiger partial charge < -0.3 is 29.2 Å². The van der Waals surface area contributed by atoms with Crippen molar-refractivity contribution in [2.24, 2.45) is 0 Å². The van der Waals surface area contributed by atoms with Crippen molar-refractivity contribution in [1.82, 2.24) is 4.31 Å². The predicted molar refractivity (Wildman–Crippen MR) is 151 cm³/mol. The van der Waals surface area contributed by atoms with E-state index in [4.69, 9.17) is 18.9 Å². The van der Waals surface area contributed by atoms with Gasteiger partial charge >= 0.3 is 0 Å². The van der Waals surface area contributed by atoms with Gasteiger partial charge in [-0.05, 0) is 73.2 Å². The zero-order valence-corrected chi connectivity index (χ0v) is 23.4. The highest BCUT2D eigenvalue weighted by atomic mass is 32.2. The summed E-state index contributed by atoms with van der Waals surface area (Å²) in [6.07, 6.45) is 0.577. The fourth-order valence-corrected chi connectivity index (χ4v) is 5.94. The molecule has 2 amide bonds. The topological polar surface area (TPSA) is 124 Å². The molecule has 3 aromatic carbocycles. The molecule has 11 nitrogen and oxygen atoms in total. The molecule has 0 aromatic heterocycles. The van der Waals surface area contributed by atoms with Crippen molar-refractivity contribution in [3.63, 3.8) is 0 Å². The van der Waals surface area contributed by atoms with E-state index in [1.807, 2.05) is 24.3 Å². The smallest absolute Gasteiger partial charge is 0.265 e. The number of methoxy groups -OCH3 is 1. The van der Waals surface area contributed by atoms with Crippen molar-refractivity contribution < 1.29 is 37.0 Å². The lowest BCUT2D eigenvalue weighted by Crippen LogP contribution is -2.40. The first-order valence-electron chi connectivity index (χ1n) is 13.2. The molecule has 0 bridgehead atoms. The number of carbonyl (C=O) groups excluding carboxylic acids is 2. The van der Waals surface area contributed by atoms with Gasteiger partial charge in [0.05, 0.1) is 37.5 Å². The highest BCUT2D eigenvalue weighted by Gasteiger charge is 2.27. The molecule has 0 spiro atoms. The molecule has 1 N–H and O–H groups in total. The largest absolute Gasteiger partial charge is 0.497 e. The standard InChI is InChI=1S/C29H31N3O8S/c1-37-23-6-8-24(9-7-23)39-16-2-13-32-26-19-22(5-12-27(26)40-20-28(32)33)30-29(34)21-3-10-25(11-4-21)41(35,36)31-14-17-38-18-15-31/h3-12,19H,2,13-18,20H2,1H3,(H,30,34). The fourth-order valence-electron chi connectivity index (χ4n) is 4.53. The first kappa shape index (κ1) is 28.4. The molecule has 2 aliphatic heterocycles. The average molecular weight is 582 g/mol. The molecule has 0 radical (unpaired) electrons. The zero-order chi connectivity index (χ0) is 28.8. The number of rotatable bonds is 10. The predicted octanol–water partition coefficient (Wildman–Crippen LogP) is 3.16. The number of benzene rings is 3. The number of hydrogen-bond acceptors (Lipinski definition) is 8. The first-order valence-corrected chi connectivity index (χ1v) is 14.6. The molecule has 5 rings (SSSR count). The van der Waals surface area contributed by atoms with Crippen molar-refractivity contribution in [3.05, 3.63) is 72.3 Å². The average Bonchev–Trinajstić information content (AvgIpc) is 3.01. The maximum absolute atomic E-state index is 13.0. The third-order valence-corrected chi connectivity index (χ3v) is 8.65. The normalized spacial score (nSPS) is 15.5. The number of ether oxygens (including phenoxy) is 4. The van der Waals surface area contributed by atoms with E-state index in [1.54, 1.807) is 30.2 Å². The number of nitrogens with zero attached hydrogens (tertiary/aromatic N) is 2. The second-order valence-electron chi connectivity index (χ2n) is 9.39. The van der Waals surface area contributed by atoms with E-state index in [2.05, 4.69) is 5.32 Å². The lowest BCUT2D eigenvalue weighted by molar-refractivity contribution is -0.121. The Balaban J connectivity index is 1.21. The second-order valence-corrected chi connectivity index (χ2v) is 11.3. The third kappa shape index (κ3) is 6.62. The molecular formula is C29H31N3O8S. The van der Waals surface area contributed by atoms with Crippen molar-refractivity contribution in [2.45, 2.75) is 11.3 Å². The molecule has 0 unspecified atom stereocenters. The number of fused-ring (bicyclic) bond motifs is 1. The number of carbonyl (C=O) groups is 2. The van der Waals surface area contributed by atoms with Crippen LogP contribution in [0.15, 0.2) is 71.6 Å². The third-order valence-electron chi connectivity index (χ3n) is 6.74. The van der Waals surface area contributed by atoms with Crippen molar-refractivity contribution in [3.8, 4) is 17.2 Å². The Kier molecular flexibility index (Phi) is 8.72. The molecule has 2 aliphatic rings. The molecule has 41 heavy (non-hydrogen) atoms. The van der Waals surface area contributed by atoms with Crippen molar-refractivity contribution >= 4 is 33.2 Å². The summed E-state index contributed by atoms with van der Waals surface area (Å²) in [4.78, 5) is 27.4. The van der Waals surface area contributed by atoms with Crippen LogP contribution < -0.4 is 24.4 Å². The monoisotopic (exact) mass is 581 g/mol. The van der Waals surface area contributed by atoms with E-state index >= 15 is 0 Å². The van der Waals surface area contributed by atoms with Crippen LogP contribution in [0.5, 0.6) is 17.2 Å². The Morgan fingerprint density at radius 3 is 2.39 bits per heavy atom. The Morgan fingerprint density at radius 1 is 0.976 bits per heavy atom. The number of anilines is 2. The van der Waals surface area contributed by atoms with Gasteiger partial charge in [-0.1, -0.05) is 0 Å². The van der Waals surface area contributed by atoms with Gasteiger partial charge in [0, 0.05) is 30.9 Å². The highest BCUT2D eigenvalue weighted by Crippen LogP contribution is 2.35. The van der Waals surface area contributed by atoms with Crippen molar-refractivity contribution in [2.75, 3.05) is 63.4 Å². The van der Waals surface area contributed by atoms with Crippen LogP contribution in [0.1, 0.15) is 16.8 Å². The summed E-state index contributed by atoms with van der Waals surface area (Å²) in [7, 11) is -2.06. The Labute approximate surface area is 238 Å². The Bertz CT molecular complexity index is 1490. The summed E-state index contributed by atoms with van der Waals surface area (Å²) in [6.45, 7) is 2.03. The highest BCUT2D eigenvalue weighted by molar-refractivity contribution is 7.89. The van der Waals surface area contributed by atoms with E-state index in [1.165, 1.54) is 28.6 Å². The first-order chi connectivity index (χ1) is 19.8. The summed E-state index contributed by atoms with van der Waals surface area (Å²) in [5, 5.41) is 2.82. The van der Waals surface area contributed by atoms with Gasteiger partial charge in [-0.25, -0.2) is 8.42 Å². The van der Waals surface area contributed by atoms with Crippen LogP contribution in [0.4, 0.5) is 11.4 Å². The van der Waals surface area contributed by atoms with Gasteiger partial charge in [0.15, 0.2) is 6.61 Å². The summed E-state index contributed by atoms with van der Waals surface area (Å²) in [5.74, 6) is 1.38. The van der Waals surface area contributed by atoms with Crippen LogP contribution in [0.2, 0.25) is 0 Å². The lowest BCUT2D eigenvalue weighted by Gasteiger charge is -2.30. The summed E-state index contributed by atoms with van der Waals surface area (Å²) < 4.78 is 48.8. The maximum atomic E-state index is 13.0. The fraction of sp³-hybridized carbons (Fsp3) is 0.310. The zero-order valence-electron chi connectivity index (χ0n) is 22.6. The van der Waals surface area contributed by atoms with Crippen LogP contribution in [0.3, 0.4) is 0 Å². The van der Waals surface area contributed by atoms with Crippen LogP contribution in [-0.2, 0) is 19.6 Å². The summed E-state index contributed by atoms with van der Waals surface area (Å²) in [6, 6.07) is 18.1. The Hall–Kier alpha value is -4.13. The molecular weight excluding hydrogens is 550 g/mol. The minimum absolute atomic E-state index is 0.0717. The van der Waals surface area contributed by atoms with Gasteiger partial charge in [-0.2, -0.15) is 4.31 Å². The van der Waals surface area contributed by atoms with Gasteiger partial charge in [-0.3, -0.25) is 9.59 Å².